The first-order chi connectivity index (χ1) is 6.50. The van der Waals surface area contributed by atoms with Gasteiger partial charge in [-0.3, -0.25) is 0 Å². The van der Waals surface area contributed by atoms with Crippen molar-refractivity contribution in [3.8, 4) is 0 Å². The summed E-state index contributed by atoms with van der Waals surface area (Å²) in [7, 11) is 0. The second-order valence-corrected chi connectivity index (χ2v) is 3.40. The lowest BCUT2D eigenvalue weighted by atomic mass is 10.1. The Balaban J connectivity index is 2.82. The molecule has 0 bridgehead atoms. The van der Waals surface area contributed by atoms with Crippen LogP contribution in [0.1, 0.15) is 5.56 Å². The van der Waals surface area contributed by atoms with Gasteiger partial charge in [-0.1, -0.05) is 11.2 Å². The van der Waals surface area contributed by atoms with Gasteiger partial charge in [0.2, 0.25) is 0 Å². The van der Waals surface area contributed by atoms with Gasteiger partial charge in [0, 0.05) is 0 Å². The van der Waals surface area contributed by atoms with E-state index in [4.69, 9.17) is 0 Å². The summed E-state index contributed by atoms with van der Waals surface area (Å²) in [6.07, 6.45) is -4.40. The van der Waals surface area contributed by atoms with Crippen LogP contribution >= 0.6 is 15.9 Å². The van der Waals surface area contributed by atoms with Gasteiger partial charge in [-0.05, 0) is 28.1 Å². The van der Waals surface area contributed by atoms with Crippen LogP contribution in [0.3, 0.4) is 0 Å². The normalized spacial score (nSPS) is 12.3. The zero-order valence-corrected chi connectivity index (χ0v) is 8.19. The molecule has 0 spiro atoms. The molecule has 2 nitrogen and oxygen atoms in total. The molecular formula is C8H3BrF3NO. The Morgan fingerprint density at radius 1 is 1.29 bits per heavy atom. The summed E-state index contributed by atoms with van der Waals surface area (Å²) in [5.74, 6) is 0. The van der Waals surface area contributed by atoms with Gasteiger partial charge in [-0.25, -0.2) is 0 Å². The van der Waals surface area contributed by atoms with E-state index in [-0.39, 0.29) is 15.6 Å². The number of hydrogen-bond acceptors (Lipinski definition) is 2. The first-order valence-corrected chi connectivity index (χ1v) is 4.40. The molecule has 6 heteroatoms. The van der Waals surface area contributed by atoms with E-state index in [1.807, 2.05) is 0 Å². The molecule has 0 atom stereocenters. The van der Waals surface area contributed by atoms with Crippen molar-refractivity contribution in [1.29, 1.82) is 0 Å². The van der Waals surface area contributed by atoms with Gasteiger partial charge in [0.15, 0.2) is 10.2 Å². The number of nitrogens with zero attached hydrogens (tertiary/aromatic N) is 1. The van der Waals surface area contributed by atoms with E-state index in [1.165, 1.54) is 12.1 Å². The smallest absolute Gasteiger partial charge is 0.355 e. The lowest BCUT2D eigenvalue weighted by molar-refractivity contribution is -0.136. The third-order valence-electron chi connectivity index (χ3n) is 1.76. The molecule has 2 aromatic rings. The van der Waals surface area contributed by atoms with Crippen molar-refractivity contribution in [2.45, 2.75) is 6.18 Å². The molecule has 0 unspecified atom stereocenters. The van der Waals surface area contributed by atoms with Crippen LogP contribution in [-0.2, 0) is 6.18 Å². The fourth-order valence-electron chi connectivity index (χ4n) is 1.19. The first kappa shape index (κ1) is 9.51. The molecule has 0 N–H and O–H groups in total. The van der Waals surface area contributed by atoms with Crippen LogP contribution in [-0.4, -0.2) is 5.16 Å². The molecule has 0 saturated carbocycles. The highest BCUT2D eigenvalue weighted by Gasteiger charge is 2.34. The van der Waals surface area contributed by atoms with Crippen molar-refractivity contribution in [1.82, 2.24) is 5.16 Å². The van der Waals surface area contributed by atoms with Gasteiger partial charge in [0.25, 0.3) is 0 Å². The Labute approximate surface area is 84.8 Å². The Bertz CT molecular complexity index is 477. The summed E-state index contributed by atoms with van der Waals surface area (Å²) in [6.45, 7) is 0. The molecule has 0 amide bonds. The average molecular weight is 266 g/mol. The number of halogens is 4. The van der Waals surface area contributed by atoms with Gasteiger partial charge in [0.1, 0.15) is 0 Å². The number of benzene rings is 1. The number of alkyl halides is 3. The summed E-state index contributed by atoms with van der Waals surface area (Å²) in [5.41, 5.74) is -0.630. The van der Waals surface area contributed by atoms with Crippen molar-refractivity contribution in [2.75, 3.05) is 0 Å². The van der Waals surface area contributed by atoms with E-state index in [0.29, 0.717) is 0 Å². The van der Waals surface area contributed by atoms with E-state index < -0.39 is 11.7 Å². The topological polar surface area (TPSA) is 26.0 Å². The third kappa shape index (κ3) is 1.39. The summed E-state index contributed by atoms with van der Waals surface area (Å²) >= 11 is 2.91. The Kier molecular flexibility index (Phi) is 2.02. The molecule has 1 aromatic heterocycles. The van der Waals surface area contributed by atoms with Crippen LogP contribution in [0.15, 0.2) is 27.3 Å². The largest absolute Gasteiger partial charge is 0.417 e. The van der Waals surface area contributed by atoms with Crippen LogP contribution in [0.25, 0.3) is 11.0 Å². The van der Waals surface area contributed by atoms with E-state index in [0.717, 1.165) is 6.07 Å². The lowest BCUT2D eigenvalue weighted by Gasteiger charge is -2.06. The summed E-state index contributed by atoms with van der Waals surface area (Å²) in [5, 5.41) is 3.37. The van der Waals surface area contributed by atoms with Crippen molar-refractivity contribution in [3.05, 3.63) is 28.4 Å². The maximum absolute atomic E-state index is 12.5. The zero-order valence-electron chi connectivity index (χ0n) is 6.60. The molecule has 0 aliphatic heterocycles. The van der Waals surface area contributed by atoms with Crippen molar-refractivity contribution in [2.24, 2.45) is 0 Å². The third-order valence-corrected chi connectivity index (χ3v) is 2.30. The predicted octanol–water partition coefficient (Wildman–Crippen LogP) is 3.61. The molecule has 0 radical (unpaired) electrons. The molecule has 2 rings (SSSR count). The molecule has 1 heterocycles. The average Bonchev–Trinajstić information content (AvgIpc) is 2.46. The molecule has 1 aromatic carbocycles. The minimum absolute atomic E-state index is 0.0417. The first-order valence-electron chi connectivity index (χ1n) is 3.61. The van der Waals surface area contributed by atoms with Crippen molar-refractivity contribution >= 4 is 26.9 Å². The van der Waals surface area contributed by atoms with Gasteiger partial charge in [0.05, 0.1) is 10.9 Å². The minimum Gasteiger partial charge on any atom is -0.355 e. The Morgan fingerprint density at radius 2 is 2.00 bits per heavy atom. The van der Waals surface area contributed by atoms with Gasteiger partial charge in [-0.2, -0.15) is 13.2 Å². The fourth-order valence-corrected chi connectivity index (χ4v) is 1.67. The number of fused-ring (bicyclic) bond motifs is 1. The molecule has 0 aliphatic carbocycles. The van der Waals surface area contributed by atoms with Crippen LogP contribution < -0.4 is 0 Å². The van der Waals surface area contributed by atoms with Crippen LogP contribution in [0, 0.1) is 0 Å². The SMILES string of the molecule is FC(F)(F)c1cccc2onc(Br)c12. The molecular weight excluding hydrogens is 263 g/mol. The highest BCUT2D eigenvalue weighted by Crippen LogP contribution is 2.37. The Hall–Kier alpha value is -1.04. The Morgan fingerprint density at radius 3 is 2.64 bits per heavy atom. The highest BCUT2D eigenvalue weighted by atomic mass is 79.9. The van der Waals surface area contributed by atoms with Gasteiger partial charge in [-0.15, -0.1) is 0 Å². The second kappa shape index (κ2) is 2.98. The number of hydrogen-bond donors (Lipinski definition) is 0. The minimum atomic E-state index is -4.40. The van der Waals surface area contributed by atoms with Crippen LogP contribution in [0.2, 0.25) is 0 Å². The van der Waals surface area contributed by atoms with E-state index in [1.54, 1.807) is 0 Å². The van der Waals surface area contributed by atoms with Crippen LogP contribution in [0.4, 0.5) is 13.2 Å². The second-order valence-electron chi connectivity index (χ2n) is 2.65. The lowest BCUT2D eigenvalue weighted by Crippen LogP contribution is -2.04. The molecule has 0 fully saturated rings. The zero-order chi connectivity index (χ0) is 10.3. The standard InChI is InChI=1S/C8H3BrF3NO/c9-7-6-4(8(10,11)12)2-1-3-5(6)14-13-7/h1-3H. The maximum Gasteiger partial charge on any atom is 0.417 e. The van der Waals surface area contributed by atoms with Crippen LogP contribution in [0.5, 0.6) is 0 Å². The number of rotatable bonds is 0. The summed E-state index contributed by atoms with van der Waals surface area (Å²) < 4.78 is 42.2. The maximum atomic E-state index is 12.5. The van der Waals surface area contributed by atoms with Crippen molar-refractivity contribution in [3.63, 3.8) is 0 Å². The van der Waals surface area contributed by atoms with Crippen molar-refractivity contribution < 1.29 is 17.7 Å². The molecule has 74 valence electrons. The van der Waals surface area contributed by atoms with E-state index in [9.17, 15) is 13.2 Å². The van der Waals surface area contributed by atoms with Gasteiger partial charge < -0.3 is 4.52 Å². The van der Waals surface area contributed by atoms with E-state index >= 15 is 0 Å². The van der Waals surface area contributed by atoms with E-state index in [2.05, 4.69) is 25.6 Å². The summed E-state index contributed by atoms with van der Waals surface area (Å²) in [4.78, 5) is 0. The molecule has 0 saturated heterocycles. The monoisotopic (exact) mass is 265 g/mol. The molecule has 0 aliphatic rings. The predicted molar refractivity (Wildman–Crippen MR) is 46.7 cm³/mol. The quantitative estimate of drug-likeness (QED) is 0.728. The summed E-state index contributed by atoms with van der Waals surface area (Å²) in [6, 6.07) is 3.70. The fraction of sp³-hybridized carbons (Fsp3) is 0.125. The molecule has 14 heavy (non-hydrogen) atoms. The highest BCUT2D eigenvalue weighted by molar-refractivity contribution is 9.10. The van der Waals surface area contributed by atoms with Gasteiger partial charge >= 0.3 is 6.18 Å². The number of aromatic nitrogens is 1.